The fourth-order valence-electron chi connectivity index (χ4n) is 3.29. The molecular formula is C20H25BN2O5S. The molecule has 0 saturated carbocycles. The van der Waals surface area contributed by atoms with Crippen LogP contribution < -0.4 is 16.5 Å². The van der Waals surface area contributed by atoms with Gasteiger partial charge in [-0.15, -0.1) is 0 Å². The standard InChI is InChI=1S/C20H25BN2O5S/c1-3-13(2)23-20(24)10-16-9-17(22)6-7-19(16)29(26,27)12-14-4-5-15-11-28-21(25)18(15)8-14/h4-9,13,25H,3,10-12,22H2,1-2H3,(H,23,24). The van der Waals surface area contributed by atoms with Gasteiger partial charge in [-0.3, -0.25) is 4.79 Å². The zero-order valence-corrected chi connectivity index (χ0v) is 17.3. The molecule has 0 bridgehead atoms. The Kier molecular flexibility index (Phi) is 6.31. The molecule has 3 rings (SSSR count). The average Bonchev–Trinajstić information content (AvgIpc) is 3.01. The zero-order chi connectivity index (χ0) is 21.2. The summed E-state index contributed by atoms with van der Waals surface area (Å²) in [4.78, 5) is 12.4. The van der Waals surface area contributed by atoms with Gasteiger partial charge in [-0.1, -0.05) is 25.1 Å². The molecule has 7 nitrogen and oxygen atoms in total. The highest BCUT2D eigenvalue weighted by molar-refractivity contribution is 7.90. The van der Waals surface area contributed by atoms with Gasteiger partial charge in [0.2, 0.25) is 5.91 Å². The number of carbonyl (C=O) groups is 1. The van der Waals surface area contributed by atoms with Crippen molar-refractivity contribution in [1.82, 2.24) is 5.32 Å². The summed E-state index contributed by atoms with van der Waals surface area (Å²) in [6.07, 6.45) is 0.711. The molecule has 0 spiro atoms. The Morgan fingerprint density at radius 1 is 1.31 bits per heavy atom. The molecule has 29 heavy (non-hydrogen) atoms. The van der Waals surface area contributed by atoms with Gasteiger partial charge in [0.05, 0.1) is 23.7 Å². The SMILES string of the molecule is CCC(C)NC(=O)Cc1cc(N)ccc1S(=O)(=O)Cc1ccc2c(c1)B(O)OC2. The van der Waals surface area contributed by atoms with Gasteiger partial charge in [0.1, 0.15) is 0 Å². The maximum absolute atomic E-state index is 13.1. The molecule has 0 radical (unpaired) electrons. The molecule has 1 aliphatic heterocycles. The predicted molar refractivity (Wildman–Crippen MR) is 112 cm³/mol. The summed E-state index contributed by atoms with van der Waals surface area (Å²) in [5, 5.41) is 12.7. The first-order valence-electron chi connectivity index (χ1n) is 9.51. The van der Waals surface area contributed by atoms with Crippen molar-refractivity contribution in [1.29, 1.82) is 0 Å². The molecule has 9 heteroatoms. The molecule has 2 aromatic carbocycles. The quantitative estimate of drug-likeness (QED) is 0.456. The molecule has 0 saturated heterocycles. The van der Waals surface area contributed by atoms with Gasteiger partial charge < -0.3 is 20.7 Å². The molecular weight excluding hydrogens is 391 g/mol. The second-order valence-corrected chi connectivity index (χ2v) is 9.33. The van der Waals surface area contributed by atoms with Crippen LogP contribution in [-0.2, 0) is 38.1 Å². The van der Waals surface area contributed by atoms with Crippen LogP contribution in [0.3, 0.4) is 0 Å². The van der Waals surface area contributed by atoms with Crippen LogP contribution >= 0.6 is 0 Å². The number of amides is 1. The third-order valence-corrected chi connectivity index (χ3v) is 6.80. The maximum Gasteiger partial charge on any atom is 0.491 e. The lowest BCUT2D eigenvalue weighted by atomic mass is 9.79. The fraction of sp³-hybridized carbons (Fsp3) is 0.350. The zero-order valence-electron chi connectivity index (χ0n) is 16.5. The summed E-state index contributed by atoms with van der Waals surface area (Å²) in [6, 6.07) is 9.62. The number of hydrogen-bond acceptors (Lipinski definition) is 6. The Morgan fingerprint density at radius 2 is 2.07 bits per heavy atom. The Balaban J connectivity index is 1.87. The monoisotopic (exact) mass is 416 g/mol. The number of rotatable bonds is 7. The van der Waals surface area contributed by atoms with Gasteiger partial charge in [0.15, 0.2) is 9.84 Å². The van der Waals surface area contributed by atoms with Crippen molar-refractivity contribution in [2.45, 2.75) is 50.0 Å². The summed E-state index contributed by atoms with van der Waals surface area (Å²) in [5.74, 6) is -0.504. The topological polar surface area (TPSA) is 119 Å². The molecule has 2 aromatic rings. The van der Waals surface area contributed by atoms with Crippen molar-refractivity contribution < 1.29 is 22.9 Å². The number of nitrogens with one attached hydrogen (secondary N) is 1. The average molecular weight is 416 g/mol. The highest BCUT2D eigenvalue weighted by atomic mass is 32.2. The Labute approximate surface area is 171 Å². The predicted octanol–water partition coefficient (Wildman–Crippen LogP) is 0.918. The number of anilines is 1. The van der Waals surface area contributed by atoms with E-state index in [9.17, 15) is 18.2 Å². The van der Waals surface area contributed by atoms with Gasteiger partial charge in [0, 0.05) is 11.7 Å². The van der Waals surface area contributed by atoms with Crippen molar-refractivity contribution in [2.24, 2.45) is 0 Å². The highest BCUT2D eigenvalue weighted by Gasteiger charge is 2.28. The fourth-order valence-corrected chi connectivity index (χ4v) is 4.87. The highest BCUT2D eigenvalue weighted by Crippen LogP contribution is 2.24. The molecule has 0 aromatic heterocycles. The largest absolute Gasteiger partial charge is 0.491 e. The van der Waals surface area contributed by atoms with E-state index in [1.165, 1.54) is 18.2 Å². The van der Waals surface area contributed by atoms with Gasteiger partial charge in [-0.2, -0.15) is 0 Å². The summed E-state index contributed by atoms with van der Waals surface area (Å²) in [5.41, 5.74) is 8.57. The number of sulfone groups is 1. The van der Waals surface area contributed by atoms with E-state index in [0.717, 1.165) is 12.0 Å². The van der Waals surface area contributed by atoms with E-state index in [2.05, 4.69) is 5.32 Å². The minimum absolute atomic E-state index is 0.00340. The smallest absolute Gasteiger partial charge is 0.423 e. The third-order valence-electron chi connectivity index (χ3n) is 5.02. The summed E-state index contributed by atoms with van der Waals surface area (Å²) in [6.45, 7) is 4.15. The molecule has 1 atom stereocenters. The Morgan fingerprint density at radius 3 is 2.79 bits per heavy atom. The van der Waals surface area contributed by atoms with Gasteiger partial charge in [-0.25, -0.2) is 8.42 Å². The normalized spacial score (nSPS) is 14.5. The first kappa shape index (κ1) is 21.4. The number of hydrogen-bond donors (Lipinski definition) is 3. The molecule has 1 heterocycles. The van der Waals surface area contributed by atoms with Crippen LogP contribution in [0.4, 0.5) is 5.69 Å². The van der Waals surface area contributed by atoms with Crippen LogP contribution in [0.15, 0.2) is 41.3 Å². The minimum Gasteiger partial charge on any atom is -0.423 e. The molecule has 0 fully saturated rings. The Hall–Kier alpha value is -2.36. The van der Waals surface area contributed by atoms with Crippen LogP contribution in [0.2, 0.25) is 0 Å². The molecule has 1 aliphatic rings. The van der Waals surface area contributed by atoms with Crippen molar-refractivity contribution >= 4 is 34.0 Å². The maximum atomic E-state index is 13.1. The number of nitrogen functional groups attached to an aromatic ring is 1. The van der Waals surface area contributed by atoms with Crippen molar-refractivity contribution in [2.75, 3.05) is 5.73 Å². The lowest BCUT2D eigenvalue weighted by Gasteiger charge is -2.14. The van der Waals surface area contributed by atoms with E-state index in [0.29, 0.717) is 28.9 Å². The first-order chi connectivity index (χ1) is 13.7. The lowest BCUT2D eigenvalue weighted by molar-refractivity contribution is -0.121. The molecule has 4 N–H and O–H groups in total. The number of carbonyl (C=O) groups excluding carboxylic acids is 1. The van der Waals surface area contributed by atoms with Gasteiger partial charge in [-0.05, 0) is 53.7 Å². The number of nitrogens with two attached hydrogens (primary N) is 1. The number of benzene rings is 2. The summed E-state index contributed by atoms with van der Waals surface area (Å²) < 4.78 is 31.4. The van der Waals surface area contributed by atoms with E-state index in [-0.39, 0.29) is 29.0 Å². The van der Waals surface area contributed by atoms with Crippen LogP contribution in [0, 0.1) is 0 Å². The third kappa shape index (κ3) is 4.98. The second-order valence-electron chi connectivity index (χ2n) is 7.38. The van der Waals surface area contributed by atoms with Crippen molar-refractivity contribution in [3.05, 3.63) is 53.1 Å². The van der Waals surface area contributed by atoms with E-state index < -0.39 is 17.0 Å². The van der Waals surface area contributed by atoms with Gasteiger partial charge >= 0.3 is 7.12 Å². The van der Waals surface area contributed by atoms with Crippen LogP contribution in [-0.4, -0.2) is 32.5 Å². The molecule has 1 amide bonds. The molecule has 0 aliphatic carbocycles. The summed E-state index contributed by atoms with van der Waals surface area (Å²) in [7, 11) is -4.77. The van der Waals surface area contributed by atoms with E-state index >= 15 is 0 Å². The first-order valence-corrected chi connectivity index (χ1v) is 11.2. The molecule has 1 unspecified atom stereocenters. The van der Waals surface area contributed by atoms with Crippen molar-refractivity contribution in [3.63, 3.8) is 0 Å². The van der Waals surface area contributed by atoms with E-state index in [1.54, 1.807) is 18.2 Å². The van der Waals surface area contributed by atoms with Gasteiger partial charge in [0.25, 0.3) is 0 Å². The minimum atomic E-state index is -3.73. The molecule has 154 valence electrons. The lowest BCUT2D eigenvalue weighted by Crippen LogP contribution is -2.33. The second kappa shape index (κ2) is 8.56. The Bertz CT molecular complexity index is 1030. The van der Waals surface area contributed by atoms with E-state index in [1.807, 2.05) is 13.8 Å². The number of fused-ring (bicyclic) bond motifs is 1. The van der Waals surface area contributed by atoms with Crippen LogP contribution in [0.25, 0.3) is 0 Å². The van der Waals surface area contributed by atoms with Crippen LogP contribution in [0.5, 0.6) is 0 Å². The van der Waals surface area contributed by atoms with Crippen LogP contribution in [0.1, 0.15) is 37.0 Å². The van der Waals surface area contributed by atoms with E-state index in [4.69, 9.17) is 10.4 Å². The van der Waals surface area contributed by atoms with Crippen molar-refractivity contribution in [3.8, 4) is 0 Å². The summed E-state index contributed by atoms with van der Waals surface area (Å²) >= 11 is 0.